The number of anilines is 1. The highest BCUT2D eigenvalue weighted by atomic mass is 32.1. The SMILES string of the molecule is COC(=O)c1c(NC(=O)[C@@H](C)Oc2ccc(C(C)C)cc2)sc2c1CCC2. The Morgan fingerprint density at radius 3 is 2.44 bits per heavy atom. The van der Waals surface area contributed by atoms with Crippen LogP contribution in [0.15, 0.2) is 24.3 Å². The molecular weight excluding hydrogens is 362 g/mol. The number of rotatable bonds is 6. The molecule has 1 aromatic heterocycles. The van der Waals surface area contributed by atoms with Gasteiger partial charge in [-0.2, -0.15) is 0 Å². The minimum atomic E-state index is -0.683. The monoisotopic (exact) mass is 387 g/mol. The molecule has 1 amide bonds. The predicted molar refractivity (Wildman–Crippen MR) is 107 cm³/mol. The molecule has 144 valence electrons. The third kappa shape index (κ3) is 4.16. The van der Waals surface area contributed by atoms with Crippen molar-refractivity contribution < 1.29 is 19.1 Å². The van der Waals surface area contributed by atoms with Crippen LogP contribution in [0.25, 0.3) is 0 Å². The number of fused-ring (bicyclic) bond motifs is 1. The zero-order valence-corrected chi connectivity index (χ0v) is 16.9. The van der Waals surface area contributed by atoms with Gasteiger partial charge in [-0.05, 0) is 55.4 Å². The molecule has 1 atom stereocenters. The summed E-state index contributed by atoms with van der Waals surface area (Å²) < 4.78 is 10.7. The third-order valence-corrected chi connectivity index (χ3v) is 5.98. The summed E-state index contributed by atoms with van der Waals surface area (Å²) in [4.78, 5) is 25.9. The number of ether oxygens (including phenoxy) is 2. The summed E-state index contributed by atoms with van der Waals surface area (Å²) in [6.45, 7) is 5.96. The molecule has 1 aliphatic carbocycles. The molecular formula is C21H25NO4S. The smallest absolute Gasteiger partial charge is 0.341 e. The lowest BCUT2D eigenvalue weighted by atomic mass is 10.0. The zero-order valence-electron chi connectivity index (χ0n) is 16.1. The van der Waals surface area contributed by atoms with E-state index in [-0.39, 0.29) is 5.91 Å². The summed E-state index contributed by atoms with van der Waals surface area (Å²) in [5.74, 6) is 0.400. The van der Waals surface area contributed by atoms with Crippen LogP contribution >= 0.6 is 11.3 Å². The fourth-order valence-electron chi connectivity index (χ4n) is 3.21. The molecule has 0 aliphatic heterocycles. The quantitative estimate of drug-likeness (QED) is 0.739. The molecule has 3 rings (SSSR count). The van der Waals surface area contributed by atoms with E-state index in [1.807, 2.05) is 24.3 Å². The van der Waals surface area contributed by atoms with Crippen molar-refractivity contribution in [2.24, 2.45) is 0 Å². The van der Waals surface area contributed by atoms with Crippen molar-refractivity contribution in [1.82, 2.24) is 0 Å². The van der Waals surface area contributed by atoms with E-state index in [1.54, 1.807) is 6.92 Å². The van der Waals surface area contributed by atoms with Crippen LogP contribution in [0.5, 0.6) is 5.75 Å². The molecule has 0 spiro atoms. The molecule has 0 bridgehead atoms. The standard InChI is InChI=1S/C21H25NO4S/c1-12(2)14-8-10-15(11-9-14)26-13(3)19(23)22-20-18(21(24)25-4)16-6-5-7-17(16)27-20/h8-13H,5-7H2,1-4H3,(H,22,23)/t13-/m1/s1. The lowest BCUT2D eigenvalue weighted by Gasteiger charge is -2.15. The van der Waals surface area contributed by atoms with E-state index in [0.29, 0.717) is 22.2 Å². The second kappa shape index (κ2) is 8.13. The highest BCUT2D eigenvalue weighted by Gasteiger charge is 2.29. The minimum absolute atomic E-state index is 0.284. The molecule has 1 aliphatic rings. The van der Waals surface area contributed by atoms with Gasteiger partial charge in [-0.25, -0.2) is 4.79 Å². The molecule has 27 heavy (non-hydrogen) atoms. The number of thiophene rings is 1. The summed E-state index contributed by atoms with van der Waals surface area (Å²) >= 11 is 1.46. The van der Waals surface area contributed by atoms with Gasteiger partial charge in [-0.15, -0.1) is 11.3 Å². The Morgan fingerprint density at radius 2 is 1.81 bits per heavy atom. The van der Waals surface area contributed by atoms with Crippen molar-refractivity contribution in [2.75, 3.05) is 12.4 Å². The van der Waals surface area contributed by atoms with Crippen molar-refractivity contribution in [1.29, 1.82) is 0 Å². The average Bonchev–Trinajstić information content (AvgIpc) is 3.22. The number of aryl methyl sites for hydroxylation is 1. The summed E-state index contributed by atoms with van der Waals surface area (Å²) in [5, 5.41) is 3.42. The second-order valence-electron chi connectivity index (χ2n) is 7.03. The molecule has 6 heteroatoms. The van der Waals surface area contributed by atoms with Gasteiger partial charge < -0.3 is 14.8 Å². The number of methoxy groups -OCH3 is 1. The zero-order chi connectivity index (χ0) is 19.6. The van der Waals surface area contributed by atoms with E-state index >= 15 is 0 Å². The van der Waals surface area contributed by atoms with Crippen molar-refractivity contribution in [3.63, 3.8) is 0 Å². The average molecular weight is 388 g/mol. The van der Waals surface area contributed by atoms with E-state index in [2.05, 4.69) is 19.2 Å². The Kier molecular flexibility index (Phi) is 5.85. The van der Waals surface area contributed by atoms with E-state index in [1.165, 1.54) is 24.0 Å². The van der Waals surface area contributed by atoms with Crippen LogP contribution < -0.4 is 10.1 Å². The number of hydrogen-bond donors (Lipinski definition) is 1. The van der Waals surface area contributed by atoms with Crippen molar-refractivity contribution >= 4 is 28.2 Å². The van der Waals surface area contributed by atoms with Gasteiger partial charge in [0.25, 0.3) is 5.91 Å². The van der Waals surface area contributed by atoms with Crippen LogP contribution in [0, 0.1) is 0 Å². The molecule has 2 aromatic rings. The number of nitrogens with one attached hydrogen (secondary N) is 1. The molecule has 0 fully saturated rings. The van der Waals surface area contributed by atoms with E-state index in [0.717, 1.165) is 29.7 Å². The maximum absolute atomic E-state index is 12.6. The Bertz CT molecular complexity index is 839. The fraction of sp³-hybridized carbons (Fsp3) is 0.429. The van der Waals surface area contributed by atoms with Gasteiger partial charge in [-0.1, -0.05) is 26.0 Å². The van der Waals surface area contributed by atoms with E-state index < -0.39 is 12.1 Å². The van der Waals surface area contributed by atoms with Gasteiger partial charge in [0, 0.05) is 4.88 Å². The van der Waals surface area contributed by atoms with Gasteiger partial charge in [0.05, 0.1) is 12.7 Å². The molecule has 0 radical (unpaired) electrons. The van der Waals surface area contributed by atoms with Crippen LogP contribution in [0.3, 0.4) is 0 Å². The predicted octanol–water partition coefficient (Wildman–Crippen LogP) is 4.55. The van der Waals surface area contributed by atoms with Crippen molar-refractivity contribution in [3.05, 3.63) is 45.8 Å². The topological polar surface area (TPSA) is 64.6 Å². The second-order valence-corrected chi connectivity index (χ2v) is 8.13. The summed E-state index contributed by atoms with van der Waals surface area (Å²) in [6, 6.07) is 7.75. The Hall–Kier alpha value is -2.34. The van der Waals surface area contributed by atoms with Crippen LogP contribution in [0.2, 0.25) is 0 Å². The number of carbonyl (C=O) groups excluding carboxylic acids is 2. The summed E-state index contributed by atoms with van der Waals surface area (Å²) in [7, 11) is 1.36. The Labute approximate surface area is 163 Å². The summed E-state index contributed by atoms with van der Waals surface area (Å²) in [6.07, 6.45) is 2.14. The maximum atomic E-state index is 12.6. The molecule has 1 heterocycles. The highest BCUT2D eigenvalue weighted by molar-refractivity contribution is 7.17. The summed E-state index contributed by atoms with van der Waals surface area (Å²) in [5.41, 5.74) is 2.73. The van der Waals surface area contributed by atoms with Gasteiger partial charge in [0.1, 0.15) is 10.8 Å². The van der Waals surface area contributed by atoms with Crippen LogP contribution in [-0.2, 0) is 22.4 Å². The lowest BCUT2D eigenvalue weighted by molar-refractivity contribution is -0.122. The molecule has 1 N–H and O–H groups in total. The van der Waals surface area contributed by atoms with E-state index in [9.17, 15) is 9.59 Å². The number of amides is 1. The minimum Gasteiger partial charge on any atom is -0.481 e. The third-order valence-electron chi connectivity index (χ3n) is 4.78. The molecule has 5 nitrogen and oxygen atoms in total. The number of esters is 1. The van der Waals surface area contributed by atoms with Gasteiger partial charge in [0.2, 0.25) is 0 Å². The normalized spacial score (nSPS) is 14.0. The first-order valence-electron chi connectivity index (χ1n) is 9.21. The number of carbonyl (C=O) groups is 2. The maximum Gasteiger partial charge on any atom is 0.341 e. The van der Waals surface area contributed by atoms with Crippen LogP contribution in [0.4, 0.5) is 5.00 Å². The Balaban J connectivity index is 1.71. The molecule has 0 saturated carbocycles. The molecule has 1 aromatic carbocycles. The Morgan fingerprint density at radius 1 is 1.11 bits per heavy atom. The first-order valence-corrected chi connectivity index (χ1v) is 10.0. The van der Waals surface area contributed by atoms with Crippen LogP contribution in [0.1, 0.15) is 59.5 Å². The highest BCUT2D eigenvalue weighted by Crippen LogP contribution is 2.39. The lowest BCUT2D eigenvalue weighted by Crippen LogP contribution is -2.30. The van der Waals surface area contributed by atoms with Crippen molar-refractivity contribution in [3.8, 4) is 5.75 Å². The van der Waals surface area contributed by atoms with Gasteiger partial charge >= 0.3 is 5.97 Å². The van der Waals surface area contributed by atoms with Crippen LogP contribution in [-0.4, -0.2) is 25.1 Å². The first kappa shape index (κ1) is 19.4. The van der Waals surface area contributed by atoms with Gasteiger partial charge in [-0.3, -0.25) is 4.79 Å². The largest absolute Gasteiger partial charge is 0.481 e. The number of benzene rings is 1. The molecule has 0 saturated heterocycles. The molecule has 0 unspecified atom stereocenters. The first-order chi connectivity index (χ1) is 12.9. The van der Waals surface area contributed by atoms with Gasteiger partial charge in [0.15, 0.2) is 6.10 Å². The number of hydrogen-bond acceptors (Lipinski definition) is 5. The van der Waals surface area contributed by atoms with Crippen molar-refractivity contribution in [2.45, 2.75) is 52.1 Å². The fourth-order valence-corrected chi connectivity index (χ4v) is 4.49. The van der Waals surface area contributed by atoms with E-state index in [4.69, 9.17) is 9.47 Å².